The standard InChI is InChI=1S/C29H28N6O3S/c1-19-8-10-21(11-9-19)38-15-14-34-18-20(22-6-2-3-7-24(22)34)16-23-27(30)35-29(31-28(23)37)39-25(32-35)17-26(36)33-12-4-5-13-33/h2-3,6-11,16,18,30H,4-5,12-15,17H2,1H3. The molecule has 1 aromatic heterocycles. The fourth-order valence-corrected chi connectivity index (χ4v) is 5.81. The molecule has 0 saturated carbocycles. The van der Waals surface area contributed by atoms with Gasteiger partial charge in [-0.2, -0.15) is 15.1 Å². The monoisotopic (exact) mass is 540 g/mol. The van der Waals surface area contributed by atoms with Crippen molar-refractivity contribution in [1.82, 2.24) is 14.5 Å². The van der Waals surface area contributed by atoms with Crippen LogP contribution in [0.4, 0.5) is 0 Å². The first-order valence-electron chi connectivity index (χ1n) is 13.0. The van der Waals surface area contributed by atoms with Gasteiger partial charge in [0.2, 0.25) is 11.1 Å². The van der Waals surface area contributed by atoms with E-state index in [9.17, 15) is 9.59 Å². The lowest BCUT2D eigenvalue weighted by Gasteiger charge is -2.20. The van der Waals surface area contributed by atoms with Gasteiger partial charge in [0.25, 0.3) is 5.91 Å². The molecular weight excluding hydrogens is 512 g/mol. The van der Waals surface area contributed by atoms with Gasteiger partial charge >= 0.3 is 0 Å². The number of ether oxygens (including phenoxy) is 1. The van der Waals surface area contributed by atoms with Crippen LogP contribution in [0.5, 0.6) is 5.75 Å². The molecule has 2 aromatic carbocycles. The lowest BCUT2D eigenvalue weighted by molar-refractivity contribution is -0.128. The maximum absolute atomic E-state index is 13.0. The number of para-hydroxylation sites is 1. The van der Waals surface area contributed by atoms with Crippen LogP contribution in [-0.4, -0.2) is 62.0 Å². The summed E-state index contributed by atoms with van der Waals surface area (Å²) in [5.41, 5.74) is 3.16. The number of carbonyl (C=O) groups excluding carboxylic acids is 2. The zero-order chi connectivity index (χ0) is 26.9. The minimum absolute atomic E-state index is 0.0204. The average molecular weight is 541 g/mol. The van der Waals surface area contributed by atoms with E-state index in [1.807, 2.05) is 66.6 Å². The van der Waals surface area contributed by atoms with Crippen LogP contribution >= 0.6 is 11.8 Å². The molecule has 0 bridgehead atoms. The van der Waals surface area contributed by atoms with E-state index < -0.39 is 5.91 Å². The molecule has 39 heavy (non-hydrogen) atoms. The third-order valence-corrected chi connectivity index (χ3v) is 7.91. The molecule has 6 rings (SSSR count). The second-order valence-corrected chi connectivity index (χ2v) is 10.8. The van der Waals surface area contributed by atoms with Crippen LogP contribution in [0.1, 0.15) is 30.4 Å². The van der Waals surface area contributed by atoms with E-state index in [1.165, 1.54) is 22.3 Å². The summed E-state index contributed by atoms with van der Waals surface area (Å²) in [6.07, 6.45) is 5.87. The van der Waals surface area contributed by atoms with Crippen LogP contribution in [0, 0.1) is 12.3 Å². The highest BCUT2D eigenvalue weighted by Gasteiger charge is 2.36. The van der Waals surface area contributed by atoms with Crippen LogP contribution in [-0.2, 0) is 16.1 Å². The largest absolute Gasteiger partial charge is 0.492 e. The van der Waals surface area contributed by atoms with E-state index in [0.29, 0.717) is 23.4 Å². The molecule has 3 aliphatic rings. The number of fused-ring (bicyclic) bond motifs is 2. The van der Waals surface area contributed by atoms with Crippen molar-refractivity contribution in [2.75, 3.05) is 19.7 Å². The number of thioether (sulfide) groups is 1. The zero-order valence-electron chi connectivity index (χ0n) is 21.6. The Kier molecular flexibility index (Phi) is 6.78. The number of aromatic nitrogens is 1. The normalized spacial score (nSPS) is 18.1. The van der Waals surface area contributed by atoms with E-state index >= 15 is 0 Å². The fourth-order valence-electron chi connectivity index (χ4n) is 4.94. The quantitative estimate of drug-likeness (QED) is 0.439. The van der Waals surface area contributed by atoms with Crippen LogP contribution in [0.25, 0.3) is 17.0 Å². The van der Waals surface area contributed by atoms with Gasteiger partial charge in [-0.25, -0.2) is 0 Å². The van der Waals surface area contributed by atoms with Crippen LogP contribution in [0.15, 0.2) is 70.4 Å². The first kappa shape index (κ1) is 25.1. The molecule has 4 heterocycles. The molecule has 1 fully saturated rings. The molecule has 0 aliphatic carbocycles. The summed E-state index contributed by atoms with van der Waals surface area (Å²) >= 11 is 1.18. The Morgan fingerprint density at radius 3 is 2.69 bits per heavy atom. The smallest absolute Gasteiger partial charge is 0.283 e. The average Bonchev–Trinajstić information content (AvgIpc) is 3.68. The van der Waals surface area contributed by atoms with Crippen molar-refractivity contribution in [3.8, 4) is 5.75 Å². The lowest BCUT2D eigenvalue weighted by atomic mass is 10.1. The van der Waals surface area contributed by atoms with E-state index in [4.69, 9.17) is 10.1 Å². The second kappa shape index (κ2) is 10.5. The number of aryl methyl sites for hydroxylation is 1. The summed E-state index contributed by atoms with van der Waals surface area (Å²) in [4.78, 5) is 31.6. The van der Waals surface area contributed by atoms with E-state index in [2.05, 4.69) is 14.7 Å². The number of nitrogens with zero attached hydrogens (tertiary/aromatic N) is 5. The number of carbonyl (C=O) groups is 2. The van der Waals surface area contributed by atoms with Gasteiger partial charge in [-0.3, -0.25) is 15.0 Å². The van der Waals surface area contributed by atoms with Gasteiger partial charge in [0.1, 0.15) is 17.4 Å². The Labute approximate surface area is 230 Å². The summed E-state index contributed by atoms with van der Waals surface area (Å²) in [5, 5.41) is 16.4. The fraction of sp³-hybridized carbons (Fsp3) is 0.276. The second-order valence-electron chi connectivity index (χ2n) is 9.73. The van der Waals surface area contributed by atoms with Crippen molar-refractivity contribution >= 4 is 56.6 Å². The Hall–Kier alpha value is -4.18. The van der Waals surface area contributed by atoms with Gasteiger partial charge in [0.05, 0.1) is 18.5 Å². The number of likely N-dealkylation sites (tertiary alicyclic amines) is 1. The molecule has 1 N–H and O–H groups in total. The molecule has 10 heteroatoms. The van der Waals surface area contributed by atoms with E-state index in [1.54, 1.807) is 6.08 Å². The van der Waals surface area contributed by atoms with Gasteiger partial charge in [-0.15, -0.1) is 0 Å². The third kappa shape index (κ3) is 5.12. The number of rotatable bonds is 7. The maximum atomic E-state index is 13.0. The highest BCUT2D eigenvalue weighted by atomic mass is 32.2. The summed E-state index contributed by atoms with van der Waals surface area (Å²) in [7, 11) is 0. The number of hydrogen-bond acceptors (Lipinski definition) is 6. The van der Waals surface area contributed by atoms with Gasteiger partial charge < -0.3 is 14.2 Å². The molecular formula is C29H28N6O3S. The minimum Gasteiger partial charge on any atom is -0.492 e. The first-order chi connectivity index (χ1) is 19.0. The minimum atomic E-state index is -0.486. The maximum Gasteiger partial charge on any atom is 0.283 e. The molecule has 198 valence electrons. The Morgan fingerprint density at radius 1 is 1.13 bits per heavy atom. The molecule has 3 aliphatic heterocycles. The third-order valence-electron chi connectivity index (χ3n) is 7.00. The highest BCUT2D eigenvalue weighted by Crippen LogP contribution is 2.31. The van der Waals surface area contributed by atoms with Crippen molar-refractivity contribution < 1.29 is 14.3 Å². The van der Waals surface area contributed by atoms with Gasteiger partial charge in [-0.1, -0.05) is 35.9 Å². The molecule has 0 spiro atoms. The molecule has 0 atom stereocenters. The van der Waals surface area contributed by atoms with Crippen LogP contribution < -0.4 is 4.74 Å². The van der Waals surface area contributed by atoms with Crippen molar-refractivity contribution in [3.63, 3.8) is 0 Å². The number of amides is 2. The molecule has 1 saturated heterocycles. The molecule has 3 aromatic rings. The van der Waals surface area contributed by atoms with Gasteiger partial charge in [-0.05, 0) is 55.8 Å². The lowest BCUT2D eigenvalue weighted by Crippen LogP contribution is -2.35. The van der Waals surface area contributed by atoms with Crippen molar-refractivity contribution in [2.45, 2.75) is 32.7 Å². The molecule has 2 amide bonds. The number of hydrogen-bond donors (Lipinski definition) is 1. The topological polar surface area (TPSA) is 103 Å². The number of hydrazone groups is 1. The molecule has 9 nitrogen and oxygen atoms in total. The van der Waals surface area contributed by atoms with Crippen molar-refractivity contribution in [1.29, 1.82) is 5.41 Å². The van der Waals surface area contributed by atoms with Crippen molar-refractivity contribution in [3.05, 3.63) is 71.4 Å². The summed E-state index contributed by atoms with van der Waals surface area (Å²) < 4.78 is 8.02. The van der Waals surface area contributed by atoms with Gasteiger partial charge in [0.15, 0.2) is 5.84 Å². The number of amidine groups is 2. The zero-order valence-corrected chi connectivity index (χ0v) is 22.4. The van der Waals surface area contributed by atoms with Crippen molar-refractivity contribution in [2.24, 2.45) is 10.1 Å². The van der Waals surface area contributed by atoms with Crippen LogP contribution in [0.2, 0.25) is 0 Å². The number of nitrogens with one attached hydrogen (secondary N) is 1. The van der Waals surface area contributed by atoms with Gasteiger partial charge in [0, 0.05) is 35.8 Å². The Bertz CT molecular complexity index is 1560. The summed E-state index contributed by atoms with van der Waals surface area (Å²) in [6, 6.07) is 15.9. The Morgan fingerprint density at radius 2 is 1.90 bits per heavy atom. The first-order valence-corrected chi connectivity index (χ1v) is 13.8. The number of aliphatic imine (C=N–C) groups is 1. The molecule has 0 unspecified atom stereocenters. The van der Waals surface area contributed by atoms with Crippen LogP contribution in [0.3, 0.4) is 0 Å². The SMILES string of the molecule is Cc1ccc(OCCn2cc(C=C3C(=N)N4N=C(CC(=O)N5CCCC5)SC4=NC3=O)c3ccccc32)cc1. The van der Waals surface area contributed by atoms with E-state index in [-0.39, 0.29) is 23.7 Å². The summed E-state index contributed by atoms with van der Waals surface area (Å²) in [5.74, 6) is 0.313. The predicted molar refractivity (Wildman–Crippen MR) is 154 cm³/mol. The predicted octanol–water partition coefficient (Wildman–Crippen LogP) is 4.66. The molecule has 0 radical (unpaired) electrons. The highest BCUT2D eigenvalue weighted by molar-refractivity contribution is 8.27. The summed E-state index contributed by atoms with van der Waals surface area (Å²) in [6.45, 7) is 4.69. The number of benzene rings is 2. The Balaban J connectivity index is 1.22. The van der Waals surface area contributed by atoms with E-state index in [0.717, 1.165) is 48.1 Å².